The SMILES string of the molecule is CC(=O)N[C@H](Cc1cccc2ccccc12)C(=O)N[C@H](Cc1ccc(Cl)cc1)C(=O)N[C@H](Cc1ccccc1)C(=O)N[C@@H](CO)C(=O)N[C@@H](CCc1ccc2c(c1)OCO2)C(=O)N[C@H](Cc1cccnc1)C(=O)N[C@@H](CC(C)C)C(=O)N[C@@H](CCCNC(=N)N)C(=O)N1CCC[C@H]1C(=O)N[C@H](C)C(N)=O. The van der Waals surface area contributed by atoms with Crippen LogP contribution in [0.1, 0.15) is 94.0 Å². The Morgan fingerprint density at radius 2 is 1.12 bits per heavy atom. The fourth-order valence-corrected chi connectivity index (χ4v) is 12.5. The Balaban J connectivity index is 1.04. The van der Waals surface area contributed by atoms with E-state index in [1.165, 1.54) is 31.1 Å². The fraction of sp³-hybridized carbons (Fsp3) is 0.400. The lowest BCUT2D eigenvalue weighted by atomic mass is 9.97. The molecule has 8 rings (SSSR count). The summed E-state index contributed by atoms with van der Waals surface area (Å²) in [5.74, 6) is -8.35. The standard InChI is InChI=1S/C75H92ClN15O14/c1-43(2)34-56(67(96)85-55(21-12-32-81-75(78)79)74(103)91-33-13-22-62(91)73(102)82-44(3)65(77)94)86-69(98)59(37-49-16-11-31-80-40-49)87-66(95)54(29-25-48-26-30-63-64(38-48)105-42-104-63)84-72(101)61(41-92)90-70(99)57(35-46-14-6-5-7-15-46)88-68(97)58(36-47-23-27-52(76)28-24-47)89-71(100)60(83-45(4)93)39-51-19-10-18-50-17-8-9-20-53(50)51/h5-11,14-20,23-24,26-28,30-31,38,40,43-44,54-62,92H,12-13,21-22,25,29,32-37,39,41-42H2,1-4H3,(H2,77,94)(H,82,102)(H,83,93)(H,84,101)(H,85,96)(H,86,98)(H,87,95)(H,88,97)(H,89,100)(H,90,99)(H4,78,79,81)/t44-,54+,55+,56+,57-,58-,59-,60-,61+,62+/m1/s1. The maximum absolute atomic E-state index is 15.1. The van der Waals surface area contributed by atoms with Gasteiger partial charge in [-0.15, -0.1) is 0 Å². The highest BCUT2D eigenvalue weighted by Gasteiger charge is 2.40. The molecule has 3 heterocycles. The molecule has 0 bridgehead atoms. The van der Waals surface area contributed by atoms with Gasteiger partial charge in [-0.2, -0.15) is 0 Å². The van der Waals surface area contributed by atoms with Crippen LogP contribution in [0.5, 0.6) is 11.5 Å². The van der Waals surface area contributed by atoms with E-state index in [-0.39, 0.29) is 96.0 Å². The summed E-state index contributed by atoms with van der Waals surface area (Å²) in [6.45, 7) is 5.49. The molecule has 0 radical (unpaired) electrons. The van der Waals surface area contributed by atoms with Crippen molar-refractivity contribution in [1.29, 1.82) is 5.41 Å². The molecular weight excluding hydrogens is 1370 g/mol. The summed E-state index contributed by atoms with van der Waals surface area (Å²) < 4.78 is 11.1. The summed E-state index contributed by atoms with van der Waals surface area (Å²) in [4.78, 5) is 162. The monoisotopic (exact) mass is 1460 g/mol. The van der Waals surface area contributed by atoms with Crippen molar-refractivity contribution in [2.75, 3.05) is 26.5 Å². The van der Waals surface area contributed by atoms with E-state index in [2.05, 4.69) is 58.2 Å². The smallest absolute Gasteiger partial charge is 0.245 e. The second-order valence-electron chi connectivity index (χ2n) is 26.5. The molecule has 30 heteroatoms. The van der Waals surface area contributed by atoms with Gasteiger partial charge in [-0.05, 0) is 127 Å². The Morgan fingerprint density at radius 1 is 0.581 bits per heavy atom. The van der Waals surface area contributed by atoms with Gasteiger partial charge in [0.25, 0.3) is 0 Å². The molecule has 0 saturated carbocycles. The van der Waals surface area contributed by atoms with E-state index in [1.54, 1.807) is 98.8 Å². The van der Waals surface area contributed by atoms with Gasteiger partial charge in [0.2, 0.25) is 71.8 Å². The molecule has 105 heavy (non-hydrogen) atoms. The summed E-state index contributed by atoms with van der Waals surface area (Å²) >= 11 is 6.26. The molecule has 1 fully saturated rings. The van der Waals surface area contributed by atoms with Crippen molar-refractivity contribution < 1.29 is 67.3 Å². The number of rotatable bonds is 37. The maximum Gasteiger partial charge on any atom is 0.245 e. The van der Waals surface area contributed by atoms with Crippen molar-refractivity contribution in [3.05, 3.63) is 173 Å². The molecule has 10 atom stereocenters. The van der Waals surface area contributed by atoms with Gasteiger partial charge in [0.15, 0.2) is 17.5 Å². The summed E-state index contributed by atoms with van der Waals surface area (Å²) in [5.41, 5.74) is 13.9. The Hall–Kier alpha value is -11.2. The van der Waals surface area contributed by atoms with E-state index in [0.717, 1.165) is 16.3 Å². The molecule has 558 valence electrons. The molecule has 16 N–H and O–H groups in total. The highest BCUT2D eigenvalue weighted by atomic mass is 35.5. The van der Waals surface area contributed by atoms with Crippen LogP contribution >= 0.6 is 11.6 Å². The lowest BCUT2D eigenvalue weighted by molar-refractivity contribution is -0.142. The number of carbonyl (C=O) groups is 11. The summed E-state index contributed by atoms with van der Waals surface area (Å²) in [6.07, 6.45) is 3.33. The number of benzene rings is 5. The number of guanidine groups is 1. The van der Waals surface area contributed by atoms with E-state index < -0.39 is 132 Å². The van der Waals surface area contributed by atoms with Gasteiger partial charge < -0.3 is 84.1 Å². The minimum absolute atomic E-state index is 0.00841. The number of halogens is 1. The van der Waals surface area contributed by atoms with Crippen molar-refractivity contribution in [1.82, 2.24) is 63.1 Å². The van der Waals surface area contributed by atoms with Crippen LogP contribution in [0.4, 0.5) is 0 Å². The van der Waals surface area contributed by atoms with E-state index >= 15 is 9.59 Å². The average Bonchev–Trinajstić information content (AvgIpc) is 1.79. The zero-order valence-electron chi connectivity index (χ0n) is 58.9. The van der Waals surface area contributed by atoms with E-state index in [9.17, 15) is 48.3 Å². The van der Waals surface area contributed by atoms with E-state index in [0.29, 0.717) is 45.2 Å². The highest BCUT2D eigenvalue weighted by Crippen LogP contribution is 2.33. The number of aliphatic hydroxyl groups excluding tert-OH is 1. The molecule has 1 aromatic heterocycles. The molecule has 0 unspecified atom stereocenters. The van der Waals surface area contributed by atoms with Crippen LogP contribution in [0.25, 0.3) is 10.8 Å². The molecule has 1 saturated heterocycles. The van der Waals surface area contributed by atoms with Crippen molar-refractivity contribution in [2.24, 2.45) is 17.4 Å². The number of nitrogens with one attached hydrogen (secondary N) is 11. The van der Waals surface area contributed by atoms with Gasteiger partial charge in [-0.1, -0.05) is 123 Å². The molecule has 6 aromatic rings. The maximum atomic E-state index is 15.1. The molecular formula is C75H92ClN15O14. The summed E-state index contributed by atoms with van der Waals surface area (Å²) in [6, 6.07) is 23.1. The molecule has 11 amide bonds. The number of hydrogen-bond donors (Lipinski definition) is 14. The van der Waals surface area contributed by atoms with Crippen LogP contribution < -0.4 is 74.1 Å². The number of primary amides is 1. The second kappa shape index (κ2) is 38.9. The quantitative estimate of drug-likeness (QED) is 0.0150. The number of carbonyl (C=O) groups excluding carboxylic acids is 11. The Bertz CT molecular complexity index is 4060. The topological polar surface area (TPSA) is 439 Å². The number of aromatic nitrogens is 1. The molecule has 2 aliphatic rings. The van der Waals surface area contributed by atoms with Gasteiger partial charge in [0.1, 0.15) is 60.4 Å². The first-order chi connectivity index (χ1) is 50.3. The van der Waals surface area contributed by atoms with Gasteiger partial charge in [-0.3, -0.25) is 63.1 Å². The predicted molar refractivity (Wildman–Crippen MR) is 390 cm³/mol. The number of aryl methyl sites for hydroxylation is 1. The number of aliphatic hydroxyl groups is 1. The minimum atomic E-state index is -1.80. The van der Waals surface area contributed by atoms with Gasteiger partial charge in [0, 0.05) is 63.1 Å². The van der Waals surface area contributed by atoms with Crippen LogP contribution in [-0.2, 0) is 84.8 Å². The number of ether oxygens (including phenoxy) is 2. The lowest BCUT2D eigenvalue weighted by Gasteiger charge is -2.31. The molecule has 29 nitrogen and oxygen atoms in total. The minimum Gasteiger partial charge on any atom is -0.454 e. The van der Waals surface area contributed by atoms with Crippen LogP contribution in [0.15, 0.2) is 140 Å². The number of likely N-dealkylation sites (tertiary alicyclic amines) is 1. The summed E-state index contributed by atoms with van der Waals surface area (Å²) in [5, 5.41) is 48.0. The van der Waals surface area contributed by atoms with E-state index in [1.807, 2.05) is 42.5 Å². The lowest BCUT2D eigenvalue weighted by Crippen LogP contribution is -2.61. The number of nitrogens with two attached hydrogens (primary N) is 2. The third-order valence-electron chi connectivity index (χ3n) is 17.9. The molecule has 0 spiro atoms. The predicted octanol–water partition coefficient (Wildman–Crippen LogP) is 1.70. The Morgan fingerprint density at radius 3 is 1.75 bits per heavy atom. The van der Waals surface area contributed by atoms with Crippen molar-refractivity contribution in [3.63, 3.8) is 0 Å². The van der Waals surface area contributed by atoms with Crippen LogP contribution in [0.2, 0.25) is 5.02 Å². The molecule has 0 aliphatic carbocycles. The van der Waals surface area contributed by atoms with Gasteiger partial charge in [0.05, 0.1) is 6.61 Å². The number of amides is 11. The van der Waals surface area contributed by atoms with Gasteiger partial charge in [-0.25, -0.2) is 0 Å². The summed E-state index contributed by atoms with van der Waals surface area (Å²) in [7, 11) is 0. The first kappa shape index (κ1) is 79.5. The first-order valence-corrected chi connectivity index (χ1v) is 35.2. The zero-order chi connectivity index (χ0) is 75.7. The Labute approximate surface area is 613 Å². The third-order valence-corrected chi connectivity index (χ3v) is 18.1. The van der Waals surface area contributed by atoms with Crippen molar-refractivity contribution in [2.45, 2.75) is 159 Å². The fourth-order valence-electron chi connectivity index (χ4n) is 12.4. The Kier molecular flexibility index (Phi) is 29.4. The number of nitrogens with zero attached hydrogens (tertiary/aromatic N) is 2. The normalized spacial score (nSPS) is 15.5. The number of hydrogen-bond acceptors (Lipinski definition) is 16. The largest absolute Gasteiger partial charge is 0.454 e. The van der Waals surface area contributed by atoms with Crippen LogP contribution in [-0.4, -0.2) is 173 Å². The molecule has 2 aliphatic heterocycles. The first-order valence-electron chi connectivity index (χ1n) is 34.8. The molecule has 5 aromatic carbocycles. The van der Waals surface area contributed by atoms with Crippen molar-refractivity contribution >= 4 is 93.3 Å². The third kappa shape index (κ3) is 23.9. The average molecular weight is 1460 g/mol. The number of pyridine rings is 1. The second-order valence-corrected chi connectivity index (χ2v) is 26.9. The zero-order valence-corrected chi connectivity index (χ0v) is 59.7. The van der Waals surface area contributed by atoms with Crippen LogP contribution in [0.3, 0.4) is 0 Å². The van der Waals surface area contributed by atoms with E-state index in [4.69, 9.17) is 38.0 Å². The highest BCUT2D eigenvalue weighted by molar-refractivity contribution is 6.30. The van der Waals surface area contributed by atoms with Crippen molar-refractivity contribution in [3.8, 4) is 11.5 Å². The van der Waals surface area contributed by atoms with Crippen LogP contribution in [0, 0.1) is 11.3 Å². The number of fused-ring (bicyclic) bond motifs is 2. The van der Waals surface area contributed by atoms with Gasteiger partial charge >= 0.3 is 0 Å².